The summed E-state index contributed by atoms with van der Waals surface area (Å²) in [6.45, 7) is 0. The molecule has 1 aromatic heterocycles. The Bertz CT molecular complexity index is 1160. The summed E-state index contributed by atoms with van der Waals surface area (Å²) in [5.74, 6) is 9.02. The van der Waals surface area contributed by atoms with Gasteiger partial charge in [-0.2, -0.15) is 10.8 Å². The molecule has 0 fully saturated rings. The summed E-state index contributed by atoms with van der Waals surface area (Å²) in [6, 6.07) is 21.3. The Morgan fingerprint density at radius 3 is 2.28 bits per heavy atom. The number of allylic oxidation sites excluding steroid dienone is 1. The van der Waals surface area contributed by atoms with E-state index in [1.165, 1.54) is 0 Å². The van der Waals surface area contributed by atoms with Gasteiger partial charge < -0.3 is 4.74 Å². The highest BCUT2D eigenvalue weighted by molar-refractivity contribution is 6.06. The van der Waals surface area contributed by atoms with E-state index < -0.39 is 0 Å². The van der Waals surface area contributed by atoms with Crippen molar-refractivity contribution in [1.29, 1.82) is 0 Å². The molecule has 0 radical (unpaired) electrons. The number of aromatic nitrogens is 1. The molecule has 1 unspecified atom stereocenters. The molecule has 3 heterocycles. The Morgan fingerprint density at radius 1 is 0.793 bits per heavy atom. The van der Waals surface area contributed by atoms with E-state index in [1.807, 2.05) is 72.9 Å². The lowest BCUT2D eigenvalue weighted by Crippen LogP contribution is -2.53. The van der Waals surface area contributed by atoms with Gasteiger partial charge in [-0.05, 0) is 48.5 Å². The van der Waals surface area contributed by atoms with Gasteiger partial charge in [-0.3, -0.25) is 9.98 Å². The van der Waals surface area contributed by atoms with Crippen LogP contribution in [0.5, 0.6) is 11.5 Å². The van der Waals surface area contributed by atoms with Crippen molar-refractivity contribution in [3.63, 3.8) is 0 Å². The van der Waals surface area contributed by atoms with Gasteiger partial charge in [0.05, 0.1) is 18.0 Å². The number of hydrogen-bond acceptors (Lipinski definition) is 5. The second-order valence-corrected chi connectivity index (χ2v) is 6.70. The summed E-state index contributed by atoms with van der Waals surface area (Å²) in [7, 11) is 0. The van der Waals surface area contributed by atoms with Crippen LogP contribution < -0.4 is 10.6 Å². The molecule has 0 aliphatic carbocycles. The van der Waals surface area contributed by atoms with Gasteiger partial charge in [-0.1, -0.05) is 18.2 Å². The van der Waals surface area contributed by atoms with E-state index in [1.54, 1.807) is 24.8 Å². The van der Waals surface area contributed by atoms with Gasteiger partial charge in [0.2, 0.25) is 5.70 Å². The van der Waals surface area contributed by atoms with Crippen LogP contribution in [0.1, 0.15) is 11.1 Å². The second-order valence-electron chi connectivity index (χ2n) is 6.70. The first-order valence-electron chi connectivity index (χ1n) is 9.20. The Hall–Kier alpha value is -3.87. The molecule has 2 aliphatic rings. The first-order chi connectivity index (χ1) is 14.2. The summed E-state index contributed by atoms with van der Waals surface area (Å²) in [5, 5.41) is 0. The number of amidine groups is 1. The molecule has 2 aliphatic heterocycles. The zero-order chi connectivity index (χ0) is 19.7. The van der Waals surface area contributed by atoms with Crippen LogP contribution in [0.2, 0.25) is 0 Å². The molecule has 0 saturated carbocycles. The van der Waals surface area contributed by atoms with E-state index >= 15 is 0 Å². The van der Waals surface area contributed by atoms with Gasteiger partial charge >= 0.3 is 0 Å². The number of rotatable bonds is 4. The van der Waals surface area contributed by atoms with Crippen molar-refractivity contribution in [1.82, 2.24) is 4.98 Å². The van der Waals surface area contributed by atoms with E-state index in [9.17, 15) is 0 Å². The van der Waals surface area contributed by atoms with Gasteiger partial charge in [-0.25, -0.2) is 0 Å². The van der Waals surface area contributed by atoms with Crippen molar-refractivity contribution < 1.29 is 9.33 Å². The third-order valence-corrected chi connectivity index (χ3v) is 4.84. The molecule has 6 nitrogen and oxygen atoms in total. The minimum Gasteiger partial charge on any atom is -0.457 e. The highest BCUT2D eigenvalue weighted by Crippen LogP contribution is 2.36. The van der Waals surface area contributed by atoms with E-state index in [0.29, 0.717) is 0 Å². The van der Waals surface area contributed by atoms with Crippen LogP contribution >= 0.6 is 0 Å². The van der Waals surface area contributed by atoms with E-state index in [0.717, 1.165) is 39.9 Å². The number of quaternary nitrogens is 1. The van der Waals surface area contributed by atoms with Crippen LogP contribution in [-0.2, 0) is 0 Å². The van der Waals surface area contributed by atoms with Crippen molar-refractivity contribution in [3.05, 3.63) is 108 Å². The minimum atomic E-state index is -0.0277. The first-order valence-corrected chi connectivity index (χ1v) is 9.20. The van der Waals surface area contributed by atoms with E-state index in [2.05, 4.69) is 9.98 Å². The molecular formula is C23H18N5O+. The molecule has 5 rings (SSSR count). The fraction of sp³-hybridized carbons (Fsp3) is 0. The van der Waals surface area contributed by atoms with Crippen LogP contribution in [0.3, 0.4) is 0 Å². The molecule has 0 bridgehead atoms. The summed E-state index contributed by atoms with van der Waals surface area (Å²) < 4.78 is 5.86. The minimum absolute atomic E-state index is 0.0277. The highest BCUT2D eigenvalue weighted by Gasteiger charge is 2.44. The Balaban J connectivity index is 1.51. The molecule has 3 aromatic rings. The molecule has 2 N–H and O–H groups in total. The van der Waals surface area contributed by atoms with Gasteiger partial charge in [0.15, 0.2) is 0 Å². The topological polar surface area (TPSA) is 72.9 Å². The summed E-state index contributed by atoms with van der Waals surface area (Å²) in [4.78, 5) is 13.2. The first kappa shape index (κ1) is 17.2. The maximum absolute atomic E-state index is 6.75. The second kappa shape index (κ2) is 6.94. The fourth-order valence-electron chi connectivity index (χ4n) is 3.40. The summed E-state index contributed by atoms with van der Waals surface area (Å²) >= 11 is 0. The van der Waals surface area contributed by atoms with Crippen LogP contribution in [0.25, 0.3) is 5.70 Å². The molecule has 0 amide bonds. The fourth-order valence-corrected chi connectivity index (χ4v) is 3.40. The molecule has 0 spiro atoms. The van der Waals surface area contributed by atoms with E-state index in [4.69, 9.17) is 15.6 Å². The quantitative estimate of drug-likeness (QED) is 0.543. The largest absolute Gasteiger partial charge is 0.457 e. The third kappa shape index (κ3) is 3.06. The molecule has 29 heavy (non-hydrogen) atoms. The number of benzene rings is 2. The molecule has 2 aromatic carbocycles. The van der Waals surface area contributed by atoms with Gasteiger partial charge in [0.25, 0.3) is 5.84 Å². The summed E-state index contributed by atoms with van der Waals surface area (Å²) in [5.41, 5.74) is 3.47. The Morgan fingerprint density at radius 2 is 1.52 bits per heavy atom. The van der Waals surface area contributed by atoms with Crippen molar-refractivity contribution in [2.45, 2.75) is 0 Å². The number of fused-ring (bicyclic) bond motifs is 1. The Kier molecular flexibility index (Phi) is 4.13. The number of nitrogens with zero attached hydrogens (tertiary/aromatic N) is 4. The van der Waals surface area contributed by atoms with Crippen LogP contribution in [-0.4, -0.2) is 21.6 Å². The lowest BCUT2D eigenvalue weighted by Gasteiger charge is -2.26. The predicted octanol–water partition coefficient (Wildman–Crippen LogP) is 4.25. The van der Waals surface area contributed by atoms with Gasteiger partial charge in [0, 0.05) is 18.0 Å². The number of nitrogens with two attached hydrogens (primary N) is 1. The smallest absolute Gasteiger partial charge is 0.265 e. The average molecular weight is 380 g/mol. The van der Waals surface area contributed by atoms with Gasteiger partial charge in [-0.15, -0.1) is 4.59 Å². The lowest BCUT2D eigenvalue weighted by atomic mass is 10.1. The zero-order valence-corrected chi connectivity index (χ0v) is 15.5. The SMILES string of the molecule is N[N+]12C=CN=CC1=C(c1ccncc1)N=C2c1ccc(Oc2ccccc2)cc1. The van der Waals surface area contributed by atoms with Crippen molar-refractivity contribution in [2.75, 3.05) is 0 Å². The van der Waals surface area contributed by atoms with Crippen LogP contribution in [0, 0.1) is 0 Å². The highest BCUT2D eigenvalue weighted by atomic mass is 16.5. The normalized spacial score (nSPS) is 19.8. The van der Waals surface area contributed by atoms with Crippen LogP contribution in [0.4, 0.5) is 0 Å². The standard InChI is InChI=1S/C23H18N5O/c24-28-15-14-26-16-21(28)22(17-10-12-25-13-11-17)27-23(28)18-6-8-20(9-7-18)29-19-4-2-1-3-5-19/h1-16H,24H2/q+1. The van der Waals surface area contributed by atoms with Crippen molar-refractivity contribution >= 4 is 17.7 Å². The lowest BCUT2D eigenvalue weighted by molar-refractivity contribution is -0.749. The third-order valence-electron chi connectivity index (χ3n) is 4.84. The predicted molar refractivity (Wildman–Crippen MR) is 113 cm³/mol. The Labute approximate surface area is 168 Å². The molecule has 0 saturated heterocycles. The zero-order valence-electron chi connectivity index (χ0n) is 15.5. The van der Waals surface area contributed by atoms with E-state index in [-0.39, 0.29) is 4.59 Å². The number of aliphatic imine (C=N–C) groups is 2. The van der Waals surface area contributed by atoms with Crippen molar-refractivity contribution in [3.8, 4) is 11.5 Å². The molecule has 1 atom stereocenters. The monoisotopic (exact) mass is 380 g/mol. The number of ether oxygens (including phenoxy) is 1. The number of pyridine rings is 1. The summed E-state index contributed by atoms with van der Waals surface area (Å²) in [6.07, 6.45) is 8.78. The number of para-hydroxylation sites is 1. The maximum atomic E-state index is 6.75. The van der Waals surface area contributed by atoms with Crippen LogP contribution in [0.15, 0.2) is 107 Å². The van der Waals surface area contributed by atoms with Crippen molar-refractivity contribution in [2.24, 2.45) is 15.8 Å². The molecule has 6 heteroatoms. The number of hydrogen-bond donors (Lipinski definition) is 1. The molecular weight excluding hydrogens is 362 g/mol. The average Bonchev–Trinajstić information content (AvgIpc) is 3.09. The molecule has 140 valence electrons. The maximum Gasteiger partial charge on any atom is 0.265 e. The van der Waals surface area contributed by atoms with Gasteiger partial charge in [0.1, 0.15) is 23.4 Å².